The fourth-order valence-electron chi connectivity index (χ4n) is 4.54. The van der Waals surface area contributed by atoms with Crippen LogP contribution in [0.25, 0.3) is 21.5 Å². The lowest BCUT2D eigenvalue weighted by Gasteiger charge is -2.24. The fraction of sp³-hybridized carbons (Fsp3) is 0.0690. The molecule has 5 rings (SSSR count). The maximum atomic E-state index is 12.9. The summed E-state index contributed by atoms with van der Waals surface area (Å²) in [5.74, 6) is -0.435. The van der Waals surface area contributed by atoms with E-state index in [1.54, 1.807) is 24.3 Å². The molecular formula is C29H23NO3. The van der Waals surface area contributed by atoms with Crippen molar-refractivity contribution in [1.82, 2.24) is 5.32 Å². The summed E-state index contributed by atoms with van der Waals surface area (Å²) in [4.78, 5) is 12.9. The Bertz CT molecular complexity index is 1380. The van der Waals surface area contributed by atoms with Crippen LogP contribution < -0.4 is 5.32 Å². The summed E-state index contributed by atoms with van der Waals surface area (Å²) in [6.07, 6.45) is 0. The van der Waals surface area contributed by atoms with E-state index in [4.69, 9.17) is 0 Å². The molecule has 0 unspecified atom stereocenters. The van der Waals surface area contributed by atoms with Gasteiger partial charge in [-0.3, -0.25) is 4.79 Å². The standard InChI is InChI=1S/C29H23NO3/c31-25-16-14-19-8-4-6-12-22(19)27(25)24(18-30-29(33)21-10-2-1-3-11-21)28-23-13-7-5-9-20(23)15-17-26(28)32/h1-17,24,31-32H,18H2,(H,30,33). The van der Waals surface area contributed by atoms with Crippen LogP contribution >= 0.6 is 0 Å². The number of carbonyl (C=O) groups excluding carboxylic acids is 1. The van der Waals surface area contributed by atoms with Gasteiger partial charge in [-0.05, 0) is 45.8 Å². The first-order chi connectivity index (χ1) is 16.1. The Morgan fingerprint density at radius 3 is 1.67 bits per heavy atom. The van der Waals surface area contributed by atoms with Gasteiger partial charge in [0.2, 0.25) is 0 Å². The van der Waals surface area contributed by atoms with E-state index >= 15 is 0 Å². The molecule has 4 nitrogen and oxygen atoms in total. The zero-order valence-corrected chi connectivity index (χ0v) is 17.9. The van der Waals surface area contributed by atoms with Gasteiger partial charge in [-0.2, -0.15) is 0 Å². The lowest BCUT2D eigenvalue weighted by Crippen LogP contribution is -2.29. The van der Waals surface area contributed by atoms with Gasteiger partial charge in [-0.15, -0.1) is 0 Å². The van der Waals surface area contributed by atoms with Crippen molar-refractivity contribution < 1.29 is 15.0 Å². The van der Waals surface area contributed by atoms with Crippen molar-refractivity contribution in [2.45, 2.75) is 5.92 Å². The average molecular weight is 434 g/mol. The highest BCUT2D eigenvalue weighted by Crippen LogP contribution is 2.42. The summed E-state index contributed by atoms with van der Waals surface area (Å²) < 4.78 is 0. The van der Waals surface area contributed by atoms with Crippen LogP contribution in [-0.4, -0.2) is 22.7 Å². The summed E-state index contributed by atoms with van der Waals surface area (Å²) in [6.45, 7) is 0.205. The maximum Gasteiger partial charge on any atom is 0.251 e. The molecule has 0 heterocycles. The molecule has 0 saturated heterocycles. The molecule has 0 radical (unpaired) electrons. The number of phenolic OH excluding ortho intramolecular Hbond substituents is 2. The molecule has 3 N–H and O–H groups in total. The smallest absolute Gasteiger partial charge is 0.251 e. The third kappa shape index (κ3) is 3.87. The van der Waals surface area contributed by atoms with Gasteiger partial charge < -0.3 is 15.5 Å². The van der Waals surface area contributed by atoms with Gasteiger partial charge >= 0.3 is 0 Å². The van der Waals surface area contributed by atoms with Crippen molar-refractivity contribution in [3.05, 3.63) is 120 Å². The topological polar surface area (TPSA) is 69.6 Å². The summed E-state index contributed by atoms with van der Waals surface area (Å²) in [7, 11) is 0. The van der Waals surface area contributed by atoms with Gasteiger partial charge in [0.15, 0.2) is 0 Å². The molecule has 0 atom stereocenters. The molecule has 1 amide bonds. The molecule has 0 bridgehead atoms. The van der Waals surface area contributed by atoms with E-state index in [1.165, 1.54) is 0 Å². The predicted molar refractivity (Wildman–Crippen MR) is 132 cm³/mol. The second-order valence-electron chi connectivity index (χ2n) is 8.07. The van der Waals surface area contributed by atoms with Crippen LogP contribution in [0.4, 0.5) is 0 Å². The monoisotopic (exact) mass is 433 g/mol. The Balaban J connectivity index is 1.69. The molecule has 33 heavy (non-hydrogen) atoms. The molecule has 4 heteroatoms. The number of fused-ring (bicyclic) bond motifs is 2. The number of rotatable bonds is 5. The van der Waals surface area contributed by atoms with Crippen LogP contribution in [0.3, 0.4) is 0 Å². The molecule has 5 aromatic carbocycles. The summed E-state index contributed by atoms with van der Waals surface area (Å²) in [6, 6.07) is 31.7. The van der Waals surface area contributed by atoms with Crippen LogP contribution in [0.5, 0.6) is 11.5 Å². The Morgan fingerprint density at radius 1 is 0.636 bits per heavy atom. The van der Waals surface area contributed by atoms with Gasteiger partial charge in [-0.1, -0.05) is 78.9 Å². The van der Waals surface area contributed by atoms with E-state index in [2.05, 4.69) is 5.32 Å². The van der Waals surface area contributed by atoms with E-state index in [1.807, 2.05) is 78.9 Å². The van der Waals surface area contributed by atoms with Crippen molar-refractivity contribution in [2.24, 2.45) is 0 Å². The average Bonchev–Trinajstić information content (AvgIpc) is 2.86. The minimum Gasteiger partial charge on any atom is -0.508 e. The van der Waals surface area contributed by atoms with Gasteiger partial charge in [0.05, 0.1) is 0 Å². The summed E-state index contributed by atoms with van der Waals surface area (Å²) in [5, 5.41) is 28.7. The van der Waals surface area contributed by atoms with Gasteiger partial charge in [0.25, 0.3) is 5.91 Å². The number of aromatic hydroxyl groups is 2. The van der Waals surface area contributed by atoms with Crippen molar-refractivity contribution in [2.75, 3.05) is 6.54 Å². The number of hydrogen-bond donors (Lipinski definition) is 3. The number of phenols is 2. The van der Waals surface area contributed by atoms with Gasteiger partial charge in [0, 0.05) is 29.2 Å². The van der Waals surface area contributed by atoms with Gasteiger partial charge in [0.1, 0.15) is 11.5 Å². The number of hydrogen-bond acceptors (Lipinski definition) is 3. The molecule has 5 aromatic rings. The lowest BCUT2D eigenvalue weighted by atomic mass is 9.84. The van der Waals surface area contributed by atoms with Crippen molar-refractivity contribution in [3.8, 4) is 11.5 Å². The highest BCUT2D eigenvalue weighted by atomic mass is 16.3. The minimum atomic E-state index is -0.477. The first kappa shape index (κ1) is 20.6. The highest BCUT2D eigenvalue weighted by Gasteiger charge is 2.26. The molecule has 0 spiro atoms. The highest BCUT2D eigenvalue weighted by molar-refractivity contribution is 5.95. The van der Waals surface area contributed by atoms with E-state index < -0.39 is 5.92 Å². The normalized spacial score (nSPS) is 11.2. The largest absolute Gasteiger partial charge is 0.508 e. The van der Waals surface area contributed by atoms with E-state index in [0.29, 0.717) is 16.7 Å². The summed E-state index contributed by atoms with van der Waals surface area (Å²) in [5.41, 5.74) is 1.90. The number of benzene rings is 5. The molecular weight excluding hydrogens is 410 g/mol. The number of carbonyl (C=O) groups is 1. The quantitative estimate of drug-likeness (QED) is 0.320. The molecule has 0 aromatic heterocycles. The second kappa shape index (κ2) is 8.67. The van der Waals surface area contributed by atoms with Crippen molar-refractivity contribution in [1.29, 1.82) is 0 Å². The number of amides is 1. The Kier molecular flexibility index (Phi) is 5.41. The Morgan fingerprint density at radius 2 is 1.12 bits per heavy atom. The fourth-order valence-corrected chi connectivity index (χ4v) is 4.54. The zero-order valence-electron chi connectivity index (χ0n) is 17.9. The van der Waals surface area contributed by atoms with Gasteiger partial charge in [-0.25, -0.2) is 0 Å². The predicted octanol–water partition coefficient (Wildman–Crippen LogP) is 5.97. The lowest BCUT2D eigenvalue weighted by molar-refractivity contribution is 0.0952. The third-order valence-electron chi connectivity index (χ3n) is 6.09. The third-order valence-corrected chi connectivity index (χ3v) is 6.09. The minimum absolute atomic E-state index is 0.125. The van der Waals surface area contributed by atoms with Crippen molar-refractivity contribution >= 4 is 27.5 Å². The molecule has 0 saturated carbocycles. The summed E-state index contributed by atoms with van der Waals surface area (Å²) >= 11 is 0. The van der Waals surface area contributed by atoms with E-state index in [9.17, 15) is 15.0 Å². The van der Waals surface area contributed by atoms with Crippen LogP contribution in [0, 0.1) is 0 Å². The first-order valence-electron chi connectivity index (χ1n) is 10.9. The van der Waals surface area contributed by atoms with Crippen LogP contribution in [0.2, 0.25) is 0 Å². The SMILES string of the molecule is O=C(NCC(c1c(O)ccc2ccccc12)c1c(O)ccc2ccccc12)c1ccccc1. The van der Waals surface area contributed by atoms with Crippen molar-refractivity contribution in [3.63, 3.8) is 0 Å². The first-order valence-corrected chi connectivity index (χ1v) is 10.9. The van der Waals surface area contributed by atoms with Crippen LogP contribution in [0.15, 0.2) is 103 Å². The second-order valence-corrected chi connectivity index (χ2v) is 8.07. The molecule has 0 aliphatic rings. The van der Waals surface area contributed by atoms with Crippen LogP contribution in [-0.2, 0) is 0 Å². The molecule has 0 aliphatic heterocycles. The molecule has 0 aliphatic carbocycles. The van der Waals surface area contributed by atoms with E-state index in [0.717, 1.165) is 21.5 Å². The van der Waals surface area contributed by atoms with E-state index in [-0.39, 0.29) is 24.0 Å². The Hall–Kier alpha value is -4.31. The van der Waals surface area contributed by atoms with Crippen LogP contribution in [0.1, 0.15) is 27.4 Å². The molecule has 162 valence electrons. The Labute approximate surface area is 191 Å². The number of nitrogens with one attached hydrogen (secondary N) is 1. The zero-order chi connectivity index (χ0) is 22.8. The maximum absolute atomic E-state index is 12.9. The molecule has 0 fully saturated rings.